The van der Waals surface area contributed by atoms with Crippen LogP contribution in [0.2, 0.25) is 0 Å². The van der Waals surface area contributed by atoms with Gasteiger partial charge in [-0.1, -0.05) is 54.6 Å². The summed E-state index contributed by atoms with van der Waals surface area (Å²) in [5.41, 5.74) is 3.46. The summed E-state index contributed by atoms with van der Waals surface area (Å²) in [5.74, 6) is 0.398. The van der Waals surface area contributed by atoms with E-state index in [0.717, 1.165) is 16.7 Å². The van der Waals surface area contributed by atoms with Crippen molar-refractivity contribution in [2.24, 2.45) is 0 Å². The fraction of sp³-hybridized carbons (Fsp3) is 0.231. The Kier molecular flexibility index (Phi) is 7.86. The first-order valence-electron chi connectivity index (χ1n) is 10.4. The van der Waals surface area contributed by atoms with Crippen LogP contribution in [0.5, 0.6) is 11.5 Å². The van der Waals surface area contributed by atoms with Crippen molar-refractivity contribution in [2.45, 2.75) is 25.9 Å². The SMILES string of the molecule is COc1ccc(CCC(=O)OC(C)C(=O)Nc2ccccc2-c2ccccc2)cc1OC. The van der Waals surface area contributed by atoms with Gasteiger partial charge >= 0.3 is 5.97 Å². The van der Waals surface area contributed by atoms with Crippen LogP contribution in [0.15, 0.2) is 72.8 Å². The zero-order chi connectivity index (χ0) is 22.9. The van der Waals surface area contributed by atoms with Crippen LogP contribution in [0, 0.1) is 0 Å². The molecule has 0 aliphatic rings. The zero-order valence-corrected chi connectivity index (χ0v) is 18.5. The molecule has 3 rings (SSSR count). The molecule has 0 spiro atoms. The summed E-state index contributed by atoms with van der Waals surface area (Å²) in [6, 6.07) is 22.8. The molecule has 3 aromatic rings. The van der Waals surface area contributed by atoms with E-state index in [-0.39, 0.29) is 12.3 Å². The molecule has 1 unspecified atom stereocenters. The molecule has 1 atom stereocenters. The van der Waals surface area contributed by atoms with Crippen molar-refractivity contribution in [1.29, 1.82) is 0 Å². The van der Waals surface area contributed by atoms with E-state index in [1.165, 1.54) is 0 Å². The summed E-state index contributed by atoms with van der Waals surface area (Å²) in [6.45, 7) is 1.56. The van der Waals surface area contributed by atoms with Crippen molar-refractivity contribution in [3.63, 3.8) is 0 Å². The number of rotatable bonds is 9. The summed E-state index contributed by atoms with van der Waals surface area (Å²) in [4.78, 5) is 24.9. The van der Waals surface area contributed by atoms with Gasteiger partial charge in [0.2, 0.25) is 0 Å². The highest BCUT2D eigenvalue weighted by molar-refractivity contribution is 5.98. The predicted octanol–water partition coefficient (Wildman–Crippen LogP) is 4.87. The Labute approximate surface area is 188 Å². The molecule has 6 heteroatoms. The second kappa shape index (κ2) is 11.0. The number of carbonyl (C=O) groups is 2. The molecule has 32 heavy (non-hydrogen) atoms. The van der Waals surface area contributed by atoms with Gasteiger partial charge in [0, 0.05) is 17.7 Å². The molecule has 0 saturated carbocycles. The highest BCUT2D eigenvalue weighted by atomic mass is 16.5. The molecule has 1 N–H and O–H groups in total. The van der Waals surface area contributed by atoms with E-state index >= 15 is 0 Å². The Bertz CT molecular complexity index is 1060. The highest BCUT2D eigenvalue weighted by Crippen LogP contribution is 2.29. The van der Waals surface area contributed by atoms with Crippen LogP contribution in [0.4, 0.5) is 5.69 Å². The number of benzene rings is 3. The molecule has 0 aliphatic carbocycles. The van der Waals surface area contributed by atoms with E-state index in [2.05, 4.69) is 5.32 Å². The zero-order valence-electron chi connectivity index (χ0n) is 18.5. The number of carbonyl (C=O) groups excluding carboxylic acids is 2. The summed E-state index contributed by atoms with van der Waals surface area (Å²) in [6.07, 6.45) is -0.310. The molecule has 0 saturated heterocycles. The molecular weight excluding hydrogens is 406 g/mol. The van der Waals surface area contributed by atoms with Gasteiger partial charge in [-0.25, -0.2) is 0 Å². The number of ether oxygens (including phenoxy) is 3. The van der Waals surface area contributed by atoms with Gasteiger partial charge in [0.1, 0.15) is 0 Å². The largest absolute Gasteiger partial charge is 0.493 e. The third-order valence-corrected chi connectivity index (χ3v) is 5.01. The van der Waals surface area contributed by atoms with Gasteiger partial charge in [-0.3, -0.25) is 9.59 Å². The summed E-state index contributed by atoms with van der Waals surface area (Å²) < 4.78 is 15.9. The van der Waals surface area contributed by atoms with Gasteiger partial charge in [-0.15, -0.1) is 0 Å². The van der Waals surface area contributed by atoms with Gasteiger partial charge in [-0.2, -0.15) is 0 Å². The van der Waals surface area contributed by atoms with Gasteiger partial charge in [-0.05, 0) is 42.7 Å². The lowest BCUT2D eigenvalue weighted by molar-refractivity contribution is -0.153. The van der Waals surface area contributed by atoms with Crippen LogP contribution in [0.1, 0.15) is 18.9 Å². The number of amides is 1. The minimum Gasteiger partial charge on any atom is -0.493 e. The Morgan fingerprint density at radius 1 is 0.875 bits per heavy atom. The lowest BCUT2D eigenvalue weighted by atomic mass is 10.0. The molecule has 0 aliphatic heterocycles. The first kappa shape index (κ1) is 22.9. The molecule has 0 fully saturated rings. The third kappa shape index (κ3) is 5.88. The van der Waals surface area contributed by atoms with Crippen molar-refractivity contribution in [3.05, 3.63) is 78.4 Å². The summed E-state index contributed by atoms with van der Waals surface area (Å²) in [5, 5.41) is 2.87. The van der Waals surface area contributed by atoms with Crippen molar-refractivity contribution >= 4 is 17.6 Å². The van der Waals surface area contributed by atoms with Gasteiger partial charge in [0.25, 0.3) is 5.91 Å². The predicted molar refractivity (Wildman–Crippen MR) is 124 cm³/mol. The number of para-hydroxylation sites is 1. The van der Waals surface area contributed by atoms with Crippen LogP contribution in [0.3, 0.4) is 0 Å². The number of hydrogen-bond acceptors (Lipinski definition) is 5. The van der Waals surface area contributed by atoms with Crippen LogP contribution in [-0.4, -0.2) is 32.2 Å². The molecule has 0 radical (unpaired) electrons. The molecule has 0 aromatic heterocycles. The molecule has 6 nitrogen and oxygen atoms in total. The minimum atomic E-state index is -0.920. The maximum Gasteiger partial charge on any atom is 0.306 e. The topological polar surface area (TPSA) is 73.9 Å². The number of methoxy groups -OCH3 is 2. The van der Waals surface area contributed by atoms with E-state index in [1.807, 2.05) is 66.7 Å². The molecule has 0 heterocycles. The average Bonchev–Trinajstić information content (AvgIpc) is 2.83. The molecular formula is C26H27NO5. The van der Waals surface area contributed by atoms with Crippen LogP contribution in [0.25, 0.3) is 11.1 Å². The second-order valence-electron chi connectivity index (χ2n) is 7.22. The van der Waals surface area contributed by atoms with Gasteiger partial charge in [0.15, 0.2) is 17.6 Å². The Morgan fingerprint density at radius 2 is 1.56 bits per heavy atom. The van der Waals surface area contributed by atoms with Crippen LogP contribution in [-0.2, 0) is 20.7 Å². The van der Waals surface area contributed by atoms with E-state index in [9.17, 15) is 9.59 Å². The maximum atomic E-state index is 12.6. The second-order valence-corrected chi connectivity index (χ2v) is 7.22. The van der Waals surface area contributed by atoms with E-state index < -0.39 is 12.1 Å². The first-order valence-corrected chi connectivity index (χ1v) is 10.4. The quantitative estimate of drug-likeness (QED) is 0.487. The van der Waals surface area contributed by atoms with E-state index in [0.29, 0.717) is 23.6 Å². The summed E-state index contributed by atoms with van der Waals surface area (Å²) >= 11 is 0. The number of anilines is 1. The fourth-order valence-corrected chi connectivity index (χ4v) is 3.29. The number of esters is 1. The molecule has 3 aromatic carbocycles. The third-order valence-electron chi connectivity index (χ3n) is 5.01. The summed E-state index contributed by atoms with van der Waals surface area (Å²) in [7, 11) is 3.13. The molecule has 0 bridgehead atoms. The standard InChI is InChI=1S/C26H27NO5/c1-18(32-25(28)16-14-19-13-15-23(30-2)24(17-19)31-3)26(29)27-22-12-8-7-11-21(22)20-9-5-4-6-10-20/h4-13,15,17-18H,14,16H2,1-3H3,(H,27,29). The lowest BCUT2D eigenvalue weighted by Crippen LogP contribution is -2.30. The average molecular weight is 434 g/mol. The van der Waals surface area contributed by atoms with E-state index in [1.54, 1.807) is 27.2 Å². The smallest absolute Gasteiger partial charge is 0.306 e. The van der Waals surface area contributed by atoms with E-state index in [4.69, 9.17) is 14.2 Å². The Balaban J connectivity index is 1.57. The van der Waals surface area contributed by atoms with Gasteiger partial charge in [0.05, 0.1) is 14.2 Å². The highest BCUT2D eigenvalue weighted by Gasteiger charge is 2.19. The monoisotopic (exact) mass is 433 g/mol. The number of aryl methyl sites for hydroxylation is 1. The number of hydrogen-bond donors (Lipinski definition) is 1. The molecule has 166 valence electrons. The normalized spacial score (nSPS) is 11.3. The van der Waals surface area contributed by atoms with Crippen LogP contribution < -0.4 is 14.8 Å². The lowest BCUT2D eigenvalue weighted by Gasteiger charge is -2.16. The van der Waals surface area contributed by atoms with Crippen LogP contribution >= 0.6 is 0 Å². The Morgan fingerprint density at radius 3 is 2.28 bits per heavy atom. The van der Waals surface area contributed by atoms with Crippen molar-refractivity contribution in [1.82, 2.24) is 0 Å². The maximum absolute atomic E-state index is 12.6. The first-order chi connectivity index (χ1) is 15.5. The van der Waals surface area contributed by atoms with Crippen molar-refractivity contribution < 1.29 is 23.8 Å². The fourth-order valence-electron chi connectivity index (χ4n) is 3.29. The Hall–Kier alpha value is -3.80. The van der Waals surface area contributed by atoms with Crippen molar-refractivity contribution in [2.75, 3.05) is 19.5 Å². The van der Waals surface area contributed by atoms with Gasteiger partial charge < -0.3 is 19.5 Å². The molecule has 1 amide bonds. The number of nitrogens with one attached hydrogen (secondary N) is 1. The van der Waals surface area contributed by atoms with Crippen molar-refractivity contribution in [3.8, 4) is 22.6 Å². The minimum absolute atomic E-state index is 0.147.